The summed E-state index contributed by atoms with van der Waals surface area (Å²) in [7, 11) is 0. The van der Waals surface area contributed by atoms with Crippen LogP contribution in [0.1, 0.15) is 44.9 Å². The van der Waals surface area contributed by atoms with Crippen LogP contribution in [0.2, 0.25) is 0 Å². The fraction of sp³-hybridized carbons (Fsp3) is 0.923. The molecule has 0 saturated heterocycles. The second-order valence-electron chi connectivity index (χ2n) is 5.78. The maximum absolute atomic E-state index is 12.0. The van der Waals surface area contributed by atoms with Crippen molar-refractivity contribution in [3.63, 3.8) is 0 Å². The lowest BCUT2D eigenvalue weighted by Crippen LogP contribution is -2.45. The van der Waals surface area contributed by atoms with Crippen LogP contribution in [0.15, 0.2) is 0 Å². The van der Waals surface area contributed by atoms with Gasteiger partial charge in [-0.1, -0.05) is 12.8 Å². The largest absolute Gasteiger partial charge is 0.396 e. The predicted octanol–water partition coefficient (Wildman–Crippen LogP) is 0.783. The van der Waals surface area contributed by atoms with E-state index in [1.54, 1.807) is 0 Å². The Hall–Kier alpha value is -0.610. The van der Waals surface area contributed by atoms with Crippen LogP contribution in [-0.2, 0) is 4.79 Å². The number of nitrogens with two attached hydrogens (primary N) is 1. The van der Waals surface area contributed by atoms with Crippen molar-refractivity contribution in [3.8, 4) is 0 Å². The van der Waals surface area contributed by atoms with E-state index in [0.717, 1.165) is 32.1 Å². The summed E-state index contributed by atoms with van der Waals surface area (Å²) in [6.07, 6.45) is 7.09. The molecule has 1 amide bonds. The number of amides is 1. The normalized spacial score (nSPS) is 30.9. The van der Waals surface area contributed by atoms with E-state index in [9.17, 15) is 9.90 Å². The van der Waals surface area contributed by atoms with Gasteiger partial charge in [-0.3, -0.25) is 4.79 Å². The van der Waals surface area contributed by atoms with Crippen LogP contribution in [0.4, 0.5) is 0 Å². The number of hydrogen-bond donors (Lipinski definition) is 3. The molecule has 2 saturated carbocycles. The van der Waals surface area contributed by atoms with E-state index in [-0.39, 0.29) is 29.9 Å². The maximum atomic E-state index is 12.0. The lowest BCUT2D eigenvalue weighted by atomic mass is 9.66. The van der Waals surface area contributed by atoms with Crippen molar-refractivity contribution in [2.24, 2.45) is 17.1 Å². The van der Waals surface area contributed by atoms with Gasteiger partial charge in [-0.15, -0.1) is 0 Å². The van der Waals surface area contributed by atoms with Crippen molar-refractivity contribution in [2.45, 2.75) is 51.0 Å². The van der Waals surface area contributed by atoms with Gasteiger partial charge in [0.15, 0.2) is 0 Å². The third-order valence-corrected chi connectivity index (χ3v) is 4.62. The molecule has 0 heterocycles. The van der Waals surface area contributed by atoms with Gasteiger partial charge in [0, 0.05) is 25.0 Å². The van der Waals surface area contributed by atoms with Crippen molar-refractivity contribution in [3.05, 3.63) is 0 Å². The first-order chi connectivity index (χ1) is 8.19. The van der Waals surface area contributed by atoms with Crippen molar-refractivity contribution in [1.82, 2.24) is 5.32 Å². The first-order valence-corrected chi connectivity index (χ1v) is 6.79. The molecule has 0 aromatic carbocycles. The molecule has 2 aliphatic carbocycles. The Kier molecular flexibility index (Phi) is 4.05. The quantitative estimate of drug-likeness (QED) is 0.665. The van der Waals surface area contributed by atoms with E-state index in [1.165, 1.54) is 6.42 Å². The van der Waals surface area contributed by atoms with Crippen molar-refractivity contribution < 1.29 is 9.90 Å². The lowest BCUT2D eigenvalue weighted by molar-refractivity contribution is -0.125. The molecule has 4 heteroatoms. The molecule has 0 bridgehead atoms. The van der Waals surface area contributed by atoms with Gasteiger partial charge in [0.05, 0.1) is 0 Å². The molecular formula is C13H24N2O2. The summed E-state index contributed by atoms with van der Waals surface area (Å²) in [5.74, 6) is 0.384. The van der Waals surface area contributed by atoms with E-state index in [1.807, 2.05) is 0 Å². The Morgan fingerprint density at radius 3 is 2.65 bits per heavy atom. The number of nitrogens with one attached hydrogen (secondary N) is 1. The summed E-state index contributed by atoms with van der Waals surface area (Å²) in [5.41, 5.74) is 5.84. The van der Waals surface area contributed by atoms with Crippen molar-refractivity contribution in [2.75, 3.05) is 13.2 Å². The maximum Gasteiger partial charge on any atom is 0.220 e. The molecule has 4 N–H and O–H groups in total. The highest BCUT2D eigenvalue weighted by Gasteiger charge is 2.38. The van der Waals surface area contributed by atoms with E-state index in [0.29, 0.717) is 13.0 Å². The SMILES string of the molecule is NCC1(CC(=O)NC2CCCC2CO)CCC1. The van der Waals surface area contributed by atoms with Crippen LogP contribution >= 0.6 is 0 Å². The highest BCUT2D eigenvalue weighted by molar-refractivity contribution is 5.77. The van der Waals surface area contributed by atoms with Gasteiger partial charge in [-0.2, -0.15) is 0 Å². The molecule has 2 aliphatic rings. The van der Waals surface area contributed by atoms with E-state index < -0.39 is 0 Å². The van der Waals surface area contributed by atoms with E-state index in [2.05, 4.69) is 5.32 Å². The second-order valence-corrected chi connectivity index (χ2v) is 5.78. The van der Waals surface area contributed by atoms with Gasteiger partial charge in [-0.05, 0) is 37.6 Å². The molecule has 0 radical (unpaired) electrons. The topological polar surface area (TPSA) is 75.4 Å². The number of carbonyl (C=O) groups excluding carboxylic acids is 1. The average molecular weight is 240 g/mol. The third-order valence-electron chi connectivity index (χ3n) is 4.62. The highest BCUT2D eigenvalue weighted by atomic mass is 16.3. The number of carbonyl (C=O) groups is 1. The van der Waals surface area contributed by atoms with Gasteiger partial charge in [0.1, 0.15) is 0 Å². The van der Waals surface area contributed by atoms with Gasteiger partial charge in [0.25, 0.3) is 0 Å². The molecule has 2 unspecified atom stereocenters. The van der Waals surface area contributed by atoms with Gasteiger partial charge in [-0.25, -0.2) is 0 Å². The molecule has 4 nitrogen and oxygen atoms in total. The number of rotatable bonds is 5. The minimum Gasteiger partial charge on any atom is -0.396 e. The highest BCUT2D eigenvalue weighted by Crippen LogP contribution is 2.43. The molecule has 2 rings (SSSR count). The molecule has 0 aliphatic heterocycles. The molecule has 0 aromatic heterocycles. The lowest BCUT2D eigenvalue weighted by Gasteiger charge is -2.40. The van der Waals surface area contributed by atoms with Crippen LogP contribution in [0.5, 0.6) is 0 Å². The number of hydrogen-bond acceptors (Lipinski definition) is 3. The molecule has 0 aromatic rings. The first kappa shape index (κ1) is 12.8. The molecule has 2 fully saturated rings. The van der Waals surface area contributed by atoms with Crippen LogP contribution in [-0.4, -0.2) is 30.2 Å². The number of aliphatic hydroxyl groups excluding tert-OH is 1. The van der Waals surface area contributed by atoms with Crippen molar-refractivity contribution >= 4 is 5.91 Å². The summed E-state index contributed by atoms with van der Waals surface area (Å²) in [6, 6.07) is 0.183. The van der Waals surface area contributed by atoms with Crippen molar-refractivity contribution in [1.29, 1.82) is 0 Å². The van der Waals surface area contributed by atoms with Gasteiger partial charge < -0.3 is 16.2 Å². The van der Waals surface area contributed by atoms with Crippen LogP contribution < -0.4 is 11.1 Å². The Labute approximate surface area is 103 Å². The summed E-state index contributed by atoms with van der Waals surface area (Å²) in [4.78, 5) is 12.0. The average Bonchev–Trinajstić information content (AvgIpc) is 2.70. The fourth-order valence-electron chi connectivity index (χ4n) is 3.17. The Bertz CT molecular complexity index is 271. The Morgan fingerprint density at radius 1 is 1.35 bits per heavy atom. The van der Waals surface area contributed by atoms with E-state index in [4.69, 9.17) is 5.73 Å². The Balaban J connectivity index is 1.80. The molecule has 0 spiro atoms. The minimum atomic E-state index is 0.0808. The first-order valence-electron chi connectivity index (χ1n) is 6.79. The van der Waals surface area contributed by atoms with Crippen LogP contribution in [0.3, 0.4) is 0 Å². The van der Waals surface area contributed by atoms with Crippen LogP contribution in [0, 0.1) is 11.3 Å². The monoisotopic (exact) mass is 240 g/mol. The molecule has 17 heavy (non-hydrogen) atoms. The molecule has 98 valence electrons. The minimum absolute atomic E-state index is 0.0808. The predicted molar refractivity (Wildman–Crippen MR) is 66.3 cm³/mol. The second kappa shape index (κ2) is 5.36. The Morgan fingerprint density at radius 2 is 2.12 bits per heavy atom. The zero-order chi connectivity index (χ0) is 12.3. The van der Waals surface area contributed by atoms with Gasteiger partial charge in [0.2, 0.25) is 5.91 Å². The third kappa shape index (κ3) is 2.80. The summed E-state index contributed by atoms with van der Waals surface area (Å²) >= 11 is 0. The summed E-state index contributed by atoms with van der Waals surface area (Å²) < 4.78 is 0. The van der Waals surface area contributed by atoms with Gasteiger partial charge >= 0.3 is 0 Å². The molecular weight excluding hydrogens is 216 g/mol. The molecule has 2 atom stereocenters. The zero-order valence-corrected chi connectivity index (χ0v) is 10.5. The van der Waals surface area contributed by atoms with Crippen LogP contribution in [0.25, 0.3) is 0 Å². The smallest absolute Gasteiger partial charge is 0.220 e. The number of aliphatic hydroxyl groups is 1. The van der Waals surface area contributed by atoms with E-state index >= 15 is 0 Å². The summed E-state index contributed by atoms with van der Waals surface area (Å²) in [5, 5.41) is 12.3. The zero-order valence-electron chi connectivity index (χ0n) is 10.5. The fourth-order valence-corrected chi connectivity index (χ4v) is 3.17. The standard InChI is InChI=1S/C13H24N2O2/c14-9-13(5-2-6-13)7-12(17)15-11-4-1-3-10(11)8-16/h10-11,16H,1-9,14H2,(H,15,17). The summed E-state index contributed by atoms with van der Waals surface area (Å²) in [6.45, 7) is 0.807.